The zero-order valence-electron chi connectivity index (χ0n) is 28.7. The molecular formula is C32H51N7O9. The van der Waals surface area contributed by atoms with Gasteiger partial charge in [0.05, 0.1) is 6.04 Å². The van der Waals surface area contributed by atoms with Gasteiger partial charge in [0.15, 0.2) is 18.2 Å². The Labute approximate surface area is 281 Å². The number of amides is 6. The molecule has 6 atom stereocenters. The zero-order valence-corrected chi connectivity index (χ0v) is 28.7. The summed E-state index contributed by atoms with van der Waals surface area (Å²) >= 11 is 0. The van der Waals surface area contributed by atoms with E-state index in [0.717, 1.165) is 5.56 Å². The maximum absolute atomic E-state index is 13.5. The number of ether oxygens (including phenoxy) is 4. The molecule has 0 spiro atoms. The average Bonchev–Trinajstić information content (AvgIpc) is 3.44. The van der Waals surface area contributed by atoms with Gasteiger partial charge >= 0.3 is 12.1 Å². The molecule has 0 radical (unpaired) electrons. The first-order valence-electron chi connectivity index (χ1n) is 16.1. The van der Waals surface area contributed by atoms with Gasteiger partial charge in [-0.3, -0.25) is 14.4 Å². The third-order valence-corrected chi connectivity index (χ3v) is 7.51. The van der Waals surface area contributed by atoms with Crippen molar-refractivity contribution in [3.05, 3.63) is 29.8 Å². The van der Waals surface area contributed by atoms with Gasteiger partial charge in [0.1, 0.15) is 23.8 Å². The molecule has 2 unspecified atom stereocenters. The molecule has 2 aliphatic heterocycles. The van der Waals surface area contributed by atoms with Crippen LogP contribution >= 0.6 is 0 Å². The second-order valence-electron chi connectivity index (χ2n) is 13.7. The minimum Gasteiger partial charge on any atom is -0.444 e. The van der Waals surface area contributed by atoms with Crippen molar-refractivity contribution in [3.63, 3.8) is 0 Å². The fourth-order valence-corrected chi connectivity index (χ4v) is 5.19. The summed E-state index contributed by atoms with van der Waals surface area (Å²) in [5.74, 6) is -2.96. The van der Waals surface area contributed by atoms with Crippen LogP contribution in [0.15, 0.2) is 24.3 Å². The van der Waals surface area contributed by atoms with Crippen LogP contribution in [-0.4, -0.2) is 90.9 Å². The van der Waals surface area contributed by atoms with E-state index in [1.165, 1.54) is 0 Å². The van der Waals surface area contributed by atoms with E-state index in [2.05, 4.69) is 26.6 Å². The number of nitrogens with two attached hydrogens (primary N) is 2. The van der Waals surface area contributed by atoms with Crippen LogP contribution < -0.4 is 38.1 Å². The molecule has 16 heteroatoms. The lowest BCUT2D eigenvalue weighted by Crippen LogP contribution is -2.58. The summed E-state index contributed by atoms with van der Waals surface area (Å²) < 4.78 is 22.4. The number of rotatable bonds is 14. The largest absolute Gasteiger partial charge is 0.444 e. The van der Waals surface area contributed by atoms with E-state index in [1.807, 2.05) is 12.1 Å². The molecule has 0 bridgehead atoms. The topological polar surface area (TPSA) is 234 Å². The smallest absolute Gasteiger partial charge is 0.407 e. The molecule has 1 aromatic carbocycles. The molecule has 0 aromatic heterocycles. The third-order valence-electron chi connectivity index (χ3n) is 7.51. The standard InChI is InChI=1S/C32H51N7O9/c1-17(2)22(39-27(42)23-21(33)24-28(45-23)47-32(6,7)46-24)26(41)38-20(9-8-15-35-29(34)43)25(40)37-19-12-10-18(11-13-19)14-16-36-30(44)48-31(3,4)5/h10-13,17,20-24,28H,8-9,14-16,33H2,1-7H3,(H,36,44)(H,37,40)(H,38,41)(H,39,42)(H3,34,35,43)/t20?,21-,22-,23?,24-,28-/m1/s1. The van der Waals surface area contributed by atoms with Crippen molar-refractivity contribution >= 4 is 35.5 Å². The van der Waals surface area contributed by atoms with Crippen LogP contribution in [-0.2, 0) is 39.8 Å². The Morgan fingerprint density at radius 1 is 0.958 bits per heavy atom. The molecule has 16 nitrogen and oxygen atoms in total. The number of benzene rings is 1. The molecule has 48 heavy (non-hydrogen) atoms. The number of nitrogens with one attached hydrogen (secondary N) is 5. The predicted molar refractivity (Wildman–Crippen MR) is 175 cm³/mol. The van der Waals surface area contributed by atoms with E-state index in [-0.39, 0.29) is 18.9 Å². The highest BCUT2D eigenvalue weighted by molar-refractivity contribution is 5.98. The number of hydrogen-bond acceptors (Lipinski definition) is 10. The summed E-state index contributed by atoms with van der Waals surface area (Å²) in [4.78, 5) is 63.1. The molecule has 2 heterocycles. The van der Waals surface area contributed by atoms with E-state index in [9.17, 15) is 24.0 Å². The molecule has 9 N–H and O–H groups in total. The Balaban J connectivity index is 1.61. The Morgan fingerprint density at radius 3 is 2.21 bits per heavy atom. The minimum absolute atomic E-state index is 0.162. The van der Waals surface area contributed by atoms with Crippen molar-refractivity contribution in [2.75, 3.05) is 18.4 Å². The fourth-order valence-electron chi connectivity index (χ4n) is 5.19. The van der Waals surface area contributed by atoms with E-state index < -0.39 is 77.9 Å². The maximum atomic E-state index is 13.5. The van der Waals surface area contributed by atoms with Crippen molar-refractivity contribution < 1.29 is 42.9 Å². The summed E-state index contributed by atoms with van der Waals surface area (Å²) in [6, 6.07) is 3.46. The van der Waals surface area contributed by atoms with E-state index in [4.69, 9.17) is 30.4 Å². The van der Waals surface area contributed by atoms with Gasteiger partial charge in [0.2, 0.25) is 11.8 Å². The number of primary amides is 1. The van der Waals surface area contributed by atoms with E-state index >= 15 is 0 Å². The summed E-state index contributed by atoms with van der Waals surface area (Å²) in [5, 5.41) is 13.4. The third kappa shape index (κ3) is 11.6. The van der Waals surface area contributed by atoms with Crippen molar-refractivity contribution in [3.8, 4) is 0 Å². The summed E-state index contributed by atoms with van der Waals surface area (Å²) in [6.45, 7) is 12.8. The molecule has 2 fully saturated rings. The van der Waals surface area contributed by atoms with Gasteiger partial charge in [-0.05, 0) is 77.5 Å². The first-order valence-corrected chi connectivity index (χ1v) is 16.1. The van der Waals surface area contributed by atoms with Gasteiger partial charge in [0.25, 0.3) is 5.91 Å². The van der Waals surface area contributed by atoms with Gasteiger partial charge in [-0.2, -0.15) is 0 Å². The maximum Gasteiger partial charge on any atom is 0.407 e. The minimum atomic E-state index is -1.11. The lowest BCUT2D eigenvalue weighted by molar-refractivity contribution is -0.207. The van der Waals surface area contributed by atoms with Crippen molar-refractivity contribution in [2.45, 2.75) is 116 Å². The second kappa shape index (κ2) is 16.4. The monoisotopic (exact) mass is 677 g/mol. The van der Waals surface area contributed by atoms with Gasteiger partial charge in [-0.15, -0.1) is 0 Å². The van der Waals surface area contributed by atoms with Crippen LogP contribution in [0.2, 0.25) is 0 Å². The van der Waals surface area contributed by atoms with E-state index in [1.54, 1.807) is 60.6 Å². The quantitative estimate of drug-likeness (QED) is 0.138. The number of fused-ring (bicyclic) bond motifs is 1. The van der Waals surface area contributed by atoms with Crippen molar-refractivity contribution in [1.82, 2.24) is 21.3 Å². The summed E-state index contributed by atoms with van der Waals surface area (Å²) in [6.07, 6.45) is -2.05. The molecule has 3 rings (SSSR count). The van der Waals surface area contributed by atoms with Crippen LogP contribution in [0, 0.1) is 5.92 Å². The number of carbonyl (C=O) groups is 5. The summed E-state index contributed by atoms with van der Waals surface area (Å²) in [7, 11) is 0. The molecular weight excluding hydrogens is 626 g/mol. The zero-order chi connectivity index (χ0) is 35.8. The molecule has 1 aromatic rings. The Hall–Kier alpha value is -3.99. The lowest BCUT2D eigenvalue weighted by atomic mass is 10.0. The van der Waals surface area contributed by atoms with Gasteiger partial charge in [-0.1, -0.05) is 26.0 Å². The number of alkyl carbamates (subject to hydrolysis) is 1. The van der Waals surface area contributed by atoms with Crippen LogP contribution in [0.5, 0.6) is 0 Å². The van der Waals surface area contributed by atoms with Crippen LogP contribution in [0.3, 0.4) is 0 Å². The molecule has 2 aliphatic rings. The first-order chi connectivity index (χ1) is 22.3. The Kier molecular flexibility index (Phi) is 13.1. The Bertz CT molecular complexity index is 1300. The van der Waals surface area contributed by atoms with Crippen molar-refractivity contribution in [2.24, 2.45) is 17.4 Å². The van der Waals surface area contributed by atoms with Gasteiger partial charge in [0, 0.05) is 18.8 Å². The van der Waals surface area contributed by atoms with Gasteiger partial charge in [-0.25, -0.2) is 9.59 Å². The summed E-state index contributed by atoms with van der Waals surface area (Å²) in [5.41, 5.74) is 12.2. The highest BCUT2D eigenvalue weighted by Crippen LogP contribution is 2.36. The van der Waals surface area contributed by atoms with Crippen LogP contribution in [0.4, 0.5) is 15.3 Å². The van der Waals surface area contributed by atoms with Crippen LogP contribution in [0.25, 0.3) is 0 Å². The normalized spacial score (nSPS) is 22.6. The molecule has 2 saturated heterocycles. The highest BCUT2D eigenvalue weighted by atomic mass is 16.8. The number of urea groups is 1. The average molecular weight is 678 g/mol. The number of anilines is 1. The molecule has 0 saturated carbocycles. The SMILES string of the molecule is CC(C)[C@@H](NC(=O)C1O[C@@H]2OC(C)(C)O[C@@H]2[C@@H]1N)C(=O)NC(CCCNC(N)=O)C(=O)Nc1ccc(CCNC(=O)OC(C)(C)C)cc1. The highest BCUT2D eigenvalue weighted by Gasteiger charge is 2.55. The molecule has 268 valence electrons. The molecule has 6 amide bonds. The van der Waals surface area contributed by atoms with E-state index in [0.29, 0.717) is 25.1 Å². The number of carbonyl (C=O) groups excluding carboxylic acids is 5. The second-order valence-corrected chi connectivity index (χ2v) is 13.7. The van der Waals surface area contributed by atoms with Crippen molar-refractivity contribution in [1.29, 1.82) is 0 Å². The predicted octanol–water partition coefficient (Wildman–Crippen LogP) is 0.970. The number of hydrogen-bond donors (Lipinski definition) is 7. The first kappa shape index (κ1) is 38.5. The lowest BCUT2D eigenvalue weighted by Gasteiger charge is -2.28. The van der Waals surface area contributed by atoms with Crippen LogP contribution in [0.1, 0.15) is 66.9 Å². The fraction of sp³-hybridized carbons (Fsp3) is 0.656. The van der Waals surface area contributed by atoms with Gasteiger partial charge < -0.3 is 57.0 Å². The Morgan fingerprint density at radius 2 is 1.62 bits per heavy atom. The molecule has 0 aliphatic carbocycles.